The van der Waals surface area contributed by atoms with E-state index >= 15 is 0 Å². The molecule has 2 aliphatic rings. The Bertz CT molecular complexity index is 663. The highest BCUT2D eigenvalue weighted by molar-refractivity contribution is 5.69. The van der Waals surface area contributed by atoms with Crippen molar-refractivity contribution in [3.05, 3.63) is 59.2 Å². The van der Waals surface area contributed by atoms with Gasteiger partial charge in [0.25, 0.3) is 0 Å². The first-order valence-corrected chi connectivity index (χ1v) is 8.05. The van der Waals surface area contributed by atoms with E-state index in [4.69, 9.17) is 0 Å². The minimum Gasteiger partial charge on any atom is -0.307 e. The molecule has 2 nitrogen and oxygen atoms in total. The van der Waals surface area contributed by atoms with Gasteiger partial charge in [-0.2, -0.15) is 0 Å². The molecule has 4 rings (SSSR count). The van der Waals surface area contributed by atoms with Crippen LogP contribution >= 0.6 is 0 Å². The van der Waals surface area contributed by atoms with Crippen molar-refractivity contribution in [1.29, 1.82) is 0 Å². The highest BCUT2D eigenvalue weighted by Gasteiger charge is 2.21. The summed E-state index contributed by atoms with van der Waals surface area (Å²) < 4.78 is 0. The number of carbonyl (C=O) groups excluding carboxylic acids is 1. The first-order valence-electron chi connectivity index (χ1n) is 8.05. The standard InChI is InChI=1S/C14H12.C6H11NO/c1-10-7-12(8-13-9-14(10)13)11-5-3-2-4-6-11;1-5-2-3-7-6(5)4-8/h2-8H,9H2,1H3;4-7H,2-3H2,1H3. The van der Waals surface area contributed by atoms with E-state index in [2.05, 4.69) is 61.6 Å². The Morgan fingerprint density at radius 2 is 1.91 bits per heavy atom. The molecule has 0 aromatic heterocycles. The third kappa shape index (κ3) is 3.28. The van der Waals surface area contributed by atoms with Gasteiger partial charge in [0.2, 0.25) is 0 Å². The van der Waals surface area contributed by atoms with Crippen LogP contribution in [0.3, 0.4) is 0 Å². The fourth-order valence-electron chi connectivity index (χ4n) is 3.06. The van der Waals surface area contributed by atoms with Crippen LogP contribution in [0.15, 0.2) is 42.5 Å². The summed E-state index contributed by atoms with van der Waals surface area (Å²) in [5.74, 6) is 0.549. The van der Waals surface area contributed by atoms with Gasteiger partial charge in [0.15, 0.2) is 0 Å². The van der Waals surface area contributed by atoms with Crippen LogP contribution in [-0.2, 0) is 11.2 Å². The largest absolute Gasteiger partial charge is 0.307 e. The fourth-order valence-corrected chi connectivity index (χ4v) is 3.06. The van der Waals surface area contributed by atoms with E-state index in [9.17, 15) is 4.79 Å². The lowest BCUT2D eigenvalue weighted by atomic mass is 10.0. The minimum atomic E-state index is 0.134. The Hall–Kier alpha value is -1.93. The first-order chi connectivity index (χ1) is 10.7. The number of nitrogens with one attached hydrogen (secondary N) is 1. The Labute approximate surface area is 132 Å². The van der Waals surface area contributed by atoms with Crippen LogP contribution in [0.25, 0.3) is 11.1 Å². The molecule has 0 bridgehead atoms. The number of hydrogen-bond donors (Lipinski definition) is 1. The van der Waals surface area contributed by atoms with Gasteiger partial charge in [-0.05, 0) is 60.0 Å². The zero-order valence-corrected chi connectivity index (χ0v) is 13.3. The summed E-state index contributed by atoms with van der Waals surface area (Å²) in [7, 11) is 0. The normalized spacial score (nSPS) is 21.5. The molecule has 2 atom stereocenters. The van der Waals surface area contributed by atoms with E-state index in [-0.39, 0.29) is 6.04 Å². The second-order valence-electron chi connectivity index (χ2n) is 6.36. The maximum atomic E-state index is 10.2. The SMILES string of the molecule is CC1CCNC1C=O.Cc1cc(-c2ccccc2)cc2c1C2. The van der Waals surface area contributed by atoms with Gasteiger partial charge in [0.05, 0.1) is 6.04 Å². The van der Waals surface area contributed by atoms with Crippen LogP contribution in [-0.4, -0.2) is 18.9 Å². The zero-order valence-electron chi connectivity index (χ0n) is 13.3. The van der Waals surface area contributed by atoms with Crippen LogP contribution < -0.4 is 5.32 Å². The van der Waals surface area contributed by atoms with Gasteiger partial charge in [-0.15, -0.1) is 0 Å². The fraction of sp³-hybridized carbons (Fsp3) is 0.350. The molecule has 1 aliphatic carbocycles. The molecule has 1 aliphatic heterocycles. The summed E-state index contributed by atoms with van der Waals surface area (Å²) in [6.07, 6.45) is 3.35. The highest BCUT2D eigenvalue weighted by Crippen LogP contribution is 2.35. The molecule has 0 radical (unpaired) electrons. The molecule has 2 aromatic carbocycles. The van der Waals surface area contributed by atoms with E-state index in [0.717, 1.165) is 19.3 Å². The molecular formula is C20H23NO. The van der Waals surface area contributed by atoms with Gasteiger partial charge < -0.3 is 10.1 Å². The number of aryl methyl sites for hydroxylation is 1. The summed E-state index contributed by atoms with van der Waals surface area (Å²) in [5.41, 5.74) is 7.22. The van der Waals surface area contributed by atoms with E-state index in [0.29, 0.717) is 5.92 Å². The zero-order chi connectivity index (χ0) is 15.5. The van der Waals surface area contributed by atoms with Gasteiger partial charge in [-0.25, -0.2) is 0 Å². The van der Waals surface area contributed by atoms with Crippen LogP contribution in [0.2, 0.25) is 0 Å². The lowest BCUT2D eigenvalue weighted by Gasteiger charge is -2.04. The number of benzene rings is 2. The monoisotopic (exact) mass is 293 g/mol. The third-order valence-corrected chi connectivity index (χ3v) is 4.65. The second-order valence-corrected chi connectivity index (χ2v) is 6.36. The number of aldehydes is 1. The molecular weight excluding hydrogens is 270 g/mol. The smallest absolute Gasteiger partial charge is 0.137 e. The Morgan fingerprint density at radius 3 is 2.45 bits per heavy atom. The molecule has 0 saturated carbocycles. The average Bonchev–Trinajstić information content (AvgIpc) is 3.23. The number of carbonyl (C=O) groups is 1. The topological polar surface area (TPSA) is 29.1 Å². The van der Waals surface area contributed by atoms with Gasteiger partial charge in [-0.1, -0.05) is 49.4 Å². The Morgan fingerprint density at radius 1 is 1.14 bits per heavy atom. The average molecular weight is 293 g/mol. The summed E-state index contributed by atoms with van der Waals surface area (Å²) in [4.78, 5) is 10.2. The molecule has 114 valence electrons. The third-order valence-electron chi connectivity index (χ3n) is 4.65. The van der Waals surface area contributed by atoms with Crippen LogP contribution in [0.1, 0.15) is 30.0 Å². The maximum Gasteiger partial charge on any atom is 0.137 e. The summed E-state index contributed by atoms with van der Waals surface area (Å²) in [6.45, 7) is 5.31. The van der Waals surface area contributed by atoms with Gasteiger partial charge >= 0.3 is 0 Å². The highest BCUT2D eigenvalue weighted by atomic mass is 16.1. The van der Waals surface area contributed by atoms with Crippen molar-refractivity contribution in [2.45, 2.75) is 32.7 Å². The van der Waals surface area contributed by atoms with Crippen molar-refractivity contribution in [1.82, 2.24) is 5.32 Å². The molecule has 0 amide bonds. The van der Waals surface area contributed by atoms with E-state index < -0.39 is 0 Å². The summed E-state index contributed by atoms with van der Waals surface area (Å²) in [5, 5.41) is 3.09. The summed E-state index contributed by atoms with van der Waals surface area (Å²) in [6, 6.07) is 15.3. The molecule has 1 fully saturated rings. The first kappa shape index (κ1) is 15.0. The molecule has 1 N–H and O–H groups in total. The van der Waals surface area contributed by atoms with Crippen molar-refractivity contribution in [3.8, 4) is 11.1 Å². The predicted octanol–water partition coefficient (Wildman–Crippen LogP) is 3.75. The van der Waals surface area contributed by atoms with Gasteiger partial charge in [-0.3, -0.25) is 0 Å². The number of hydrogen-bond acceptors (Lipinski definition) is 2. The molecule has 1 saturated heterocycles. The number of fused-ring (bicyclic) bond motifs is 1. The number of rotatable bonds is 2. The lowest BCUT2D eigenvalue weighted by Crippen LogP contribution is -2.26. The van der Waals surface area contributed by atoms with Crippen LogP contribution in [0.5, 0.6) is 0 Å². The Balaban J connectivity index is 0.000000154. The Kier molecular flexibility index (Phi) is 4.39. The van der Waals surface area contributed by atoms with E-state index in [1.807, 2.05) is 0 Å². The van der Waals surface area contributed by atoms with Crippen molar-refractivity contribution in [3.63, 3.8) is 0 Å². The van der Waals surface area contributed by atoms with Crippen molar-refractivity contribution < 1.29 is 4.79 Å². The molecule has 2 heteroatoms. The van der Waals surface area contributed by atoms with Crippen molar-refractivity contribution in [2.24, 2.45) is 5.92 Å². The van der Waals surface area contributed by atoms with E-state index in [1.165, 1.54) is 28.7 Å². The van der Waals surface area contributed by atoms with Crippen LogP contribution in [0.4, 0.5) is 0 Å². The predicted molar refractivity (Wildman–Crippen MR) is 91.1 cm³/mol. The van der Waals surface area contributed by atoms with Crippen molar-refractivity contribution in [2.75, 3.05) is 6.54 Å². The van der Waals surface area contributed by atoms with Gasteiger partial charge in [0.1, 0.15) is 6.29 Å². The van der Waals surface area contributed by atoms with Gasteiger partial charge in [0, 0.05) is 0 Å². The lowest BCUT2D eigenvalue weighted by molar-refractivity contribution is -0.109. The maximum absolute atomic E-state index is 10.2. The van der Waals surface area contributed by atoms with E-state index in [1.54, 1.807) is 5.56 Å². The molecule has 1 heterocycles. The van der Waals surface area contributed by atoms with Crippen LogP contribution in [0, 0.1) is 12.8 Å². The minimum absolute atomic E-state index is 0.134. The molecule has 2 unspecified atom stereocenters. The molecule has 22 heavy (non-hydrogen) atoms. The molecule has 0 spiro atoms. The second kappa shape index (κ2) is 6.45. The summed E-state index contributed by atoms with van der Waals surface area (Å²) >= 11 is 0. The van der Waals surface area contributed by atoms with Crippen molar-refractivity contribution >= 4 is 6.29 Å². The quantitative estimate of drug-likeness (QED) is 0.729. The molecule has 2 aromatic rings.